The first-order valence-electron chi connectivity index (χ1n) is 7.45. The summed E-state index contributed by atoms with van der Waals surface area (Å²) in [6, 6.07) is 0. The molecular weight excluding hydrogens is 290 g/mol. The maximum atomic E-state index is 11.7. The SMILES string of the molecule is CCNC(=NCC(C)(C)S(C)(=O)=O)NCC1(C)CCCO1. The monoisotopic (exact) mass is 319 g/mol. The molecule has 0 aromatic carbocycles. The molecule has 0 bridgehead atoms. The van der Waals surface area contributed by atoms with Crippen LogP contribution in [-0.4, -0.2) is 57.2 Å². The van der Waals surface area contributed by atoms with Crippen molar-refractivity contribution in [2.24, 2.45) is 4.99 Å². The van der Waals surface area contributed by atoms with E-state index in [4.69, 9.17) is 4.74 Å². The molecule has 1 rings (SSSR count). The van der Waals surface area contributed by atoms with Gasteiger partial charge in [0, 0.05) is 26.0 Å². The minimum Gasteiger partial charge on any atom is -0.373 e. The molecule has 0 aromatic rings. The van der Waals surface area contributed by atoms with Gasteiger partial charge < -0.3 is 15.4 Å². The number of rotatable bonds is 6. The van der Waals surface area contributed by atoms with Crippen molar-refractivity contribution in [2.75, 3.05) is 32.5 Å². The van der Waals surface area contributed by atoms with E-state index in [-0.39, 0.29) is 12.1 Å². The number of aliphatic imine (C=N–C) groups is 1. The standard InChI is InChI=1S/C14H29N3O3S/c1-6-15-12(16-10-13(2,3)21(5,18)19)17-11-14(4)8-7-9-20-14/h6-11H2,1-5H3,(H2,15,16,17). The lowest BCUT2D eigenvalue weighted by atomic mass is 10.0. The first kappa shape index (κ1) is 18.2. The molecule has 1 heterocycles. The largest absolute Gasteiger partial charge is 0.373 e. The molecule has 1 saturated heterocycles. The van der Waals surface area contributed by atoms with Gasteiger partial charge in [0.1, 0.15) is 0 Å². The smallest absolute Gasteiger partial charge is 0.191 e. The first-order chi connectivity index (χ1) is 9.60. The highest BCUT2D eigenvalue weighted by molar-refractivity contribution is 7.92. The second-order valence-corrected chi connectivity index (χ2v) is 9.13. The Morgan fingerprint density at radius 3 is 2.52 bits per heavy atom. The summed E-state index contributed by atoms with van der Waals surface area (Å²) in [5.74, 6) is 0.631. The summed E-state index contributed by atoms with van der Waals surface area (Å²) in [5.41, 5.74) is -0.164. The van der Waals surface area contributed by atoms with Crippen molar-refractivity contribution >= 4 is 15.8 Å². The highest BCUT2D eigenvalue weighted by Crippen LogP contribution is 2.23. The fourth-order valence-electron chi connectivity index (χ4n) is 1.98. The van der Waals surface area contributed by atoms with E-state index in [1.807, 2.05) is 6.92 Å². The van der Waals surface area contributed by atoms with E-state index >= 15 is 0 Å². The highest BCUT2D eigenvalue weighted by Gasteiger charge is 2.31. The third kappa shape index (κ3) is 5.47. The molecule has 0 aliphatic carbocycles. The molecule has 7 heteroatoms. The molecule has 0 radical (unpaired) electrons. The van der Waals surface area contributed by atoms with Crippen LogP contribution in [0.1, 0.15) is 40.5 Å². The molecule has 1 aliphatic rings. The van der Waals surface area contributed by atoms with Gasteiger partial charge in [-0.25, -0.2) is 8.42 Å². The third-order valence-electron chi connectivity index (χ3n) is 3.90. The molecule has 0 saturated carbocycles. The van der Waals surface area contributed by atoms with Crippen molar-refractivity contribution < 1.29 is 13.2 Å². The number of nitrogens with one attached hydrogen (secondary N) is 2. The Bertz CT molecular complexity index is 466. The quantitative estimate of drug-likeness (QED) is 0.562. The zero-order chi connectivity index (χ0) is 16.1. The van der Waals surface area contributed by atoms with Gasteiger partial charge in [0.2, 0.25) is 0 Å². The normalized spacial score (nSPS) is 24.1. The Morgan fingerprint density at radius 1 is 1.38 bits per heavy atom. The molecule has 124 valence electrons. The number of ether oxygens (including phenoxy) is 1. The van der Waals surface area contributed by atoms with Gasteiger partial charge >= 0.3 is 0 Å². The lowest BCUT2D eigenvalue weighted by Gasteiger charge is -2.25. The third-order valence-corrected chi connectivity index (χ3v) is 6.03. The highest BCUT2D eigenvalue weighted by atomic mass is 32.2. The molecule has 2 N–H and O–H groups in total. The average Bonchev–Trinajstić information content (AvgIpc) is 2.79. The van der Waals surface area contributed by atoms with E-state index in [0.29, 0.717) is 12.5 Å². The summed E-state index contributed by atoms with van der Waals surface area (Å²) in [6.45, 7) is 9.85. The van der Waals surface area contributed by atoms with E-state index in [9.17, 15) is 8.42 Å². The van der Waals surface area contributed by atoms with Crippen LogP contribution in [0.2, 0.25) is 0 Å². The van der Waals surface area contributed by atoms with Crippen molar-refractivity contribution in [3.8, 4) is 0 Å². The van der Waals surface area contributed by atoms with Crippen LogP contribution in [0.25, 0.3) is 0 Å². The molecule has 1 fully saturated rings. The van der Waals surface area contributed by atoms with Crippen LogP contribution in [0, 0.1) is 0 Å². The van der Waals surface area contributed by atoms with E-state index in [1.54, 1.807) is 13.8 Å². The lowest BCUT2D eigenvalue weighted by Crippen LogP contribution is -2.46. The van der Waals surface area contributed by atoms with Crippen molar-refractivity contribution in [1.82, 2.24) is 10.6 Å². The van der Waals surface area contributed by atoms with Gasteiger partial charge in [0.15, 0.2) is 15.8 Å². The van der Waals surface area contributed by atoms with Crippen molar-refractivity contribution in [2.45, 2.75) is 50.9 Å². The molecular formula is C14H29N3O3S. The molecule has 1 atom stereocenters. The summed E-state index contributed by atoms with van der Waals surface area (Å²) in [4.78, 5) is 4.40. The van der Waals surface area contributed by atoms with Crippen LogP contribution in [0.4, 0.5) is 0 Å². The Balaban J connectivity index is 2.66. The van der Waals surface area contributed by atoms with Gasteiger partial charge in [-0.15, -0.1) is 0 Å². The van der Waals surface area contributed by atoms with E-state index in [1.165, 1.54) is 6.26 Å². The van der Waals surface area contributed by atoms with Gasteiger partial charge in [-0.3, -0.25) is 4.99 Å². The van der Waals surface area contributed by atoms with Crippen LogP contribution in [-0.2, 0) is 14.6 Å². The average molecular weight is 319 g/mol. The Hall–Kier alpha value is -0.820. The predicted molar refractivity (Wildman–Crippen MR) is 86.5 cm³/mol. The summed E-state index contributed by atoms with van der Waals surface area (Å²) >= 11 is 0. The minimum absolute atomic E-state index is 0.164. The molecule has 0 aromatic heterocycles. The Morgan fingerprint density at radius 2 is 2.05 bits per heavy atom. The van der Waals surface area contributed by atoms with Gasteiger partial charge in [-0.2, -0.15) is 0 Å². The minimum atomic E-state index is -3.14. The Kier molecular flexibility index (Phi) is 6.04. The van der Waals surface area contributed by atoms with Crippen molar-refractivity contribution in [1.29, 1.82) is 0 Å². The van der Waals surface area contributed by atoms with Crippen LogP contribution < -0.4 is 10.6 Å². The zero-order valence-corrected chi connectivity index (χ0v) is 14.6. The number of hydrogen-bond acceptors (Lipinski definition) is 4. The van der Waals surface area contributed by atoms with Gasteiger partial charge in [-0.1, -0.05) is 0 Å². The second-order valence-electron chi connectivity index (χ2n) is 6.48. The van der Waals surface area contributed by atoms with Crippen molar-refractivity contribution in [3.63, 3.8) is 0 Å². The summed E-state index contributed by atoms with van der Waals surface area (Å²) in [5, 5.41) is 6.38. The molecule has 1 aliphatic heterocycles. The maximum absolute atomic E-state index is 11.7. The molecule has 6 nitrogen and oxygen atoms in total. The van der Waals surface area contributed by atoms with E-state index in [2.05, 4.69) is 22.5 Å². The summed E-state index contributed by atoms with van der Waals surface area (Å²) < 4.78 is 28.3. The zero-order valence-electron chi connectivity index (χ0n) is 13.8. The van der Waals surface area contributed by atoms with E-state index < -0.39 is 14.6 Å². The Labute approximate surface area is 128 Å². The fraction of sp³-hybridized carbons (Fsp3) is 0.929. The molecule has 0 spiro atoms. The fourth-order valence-corrected chi connectivity index (χ4v) is 2.27. The van der Waals surface area contributed by atoms with Crippen LogP contribution in [0.15, 0.2) is 4.99 Å². The van der Waals surface area contributed by atoms with Gasteiger partial charge in [0.05, 0.1) is 16.9 Å². The van der Waals surface area contributed by atoms with Crippen LogP contribution >= 0.6 is 0 Å². The lowest BCUT2D eigenvalue weighted by molar-refractivity contribution is 0.0243. The maximum Gasteiger partial charge on any atom is 0.191 e. The number of guanidine groups is 1. The molecule has 21 heavy (non-hydrogen) atoms. The van der Waals surface area contributed by atoms with Gasteiger partial charge in [-0.05, 0) is 40.5 Å². The van der Waals surface area contributed by atoms with E-state index in [0.717, 1.165) is 26.0 Å². The summed E-state index contributed by atoms with van der Waals surface area (Å²) in [6.07, 6.45) is 3.34. The van der Waals surface area contributed by atoms with Gasteiger partial charge in [0.25, 0.3) is 0 Å². The second kappa shape index (κ2) is 6.96. The number of hydrogen-bond donors (Lipinski definition) is 2. The van der Waals surface area contributed by atoms with Crippen LogP contribution in [0.3, 0.4) is 0 Å². The number of nitrogens with zero attached hydrogens (tertiary/aromatic N) is 1. The number of sulfone groups is 1. The van der Waals surface area contributed by atoms with Crippen molar-refractivity contribution in [3.05, 3.63) is 0 Å². The summed E-state index contributed by atoms with van der Waals surface area (Å²) in [7, 11) is -3.14. The molecule has 1 unspecified atom stereocenters. The predicted octanol–water partition coefficient (Wildman–Crippen LogP) is 0.934. The molecule has 0 amide bonds. The topological polar surface area (TPSA) is 79.8 Å². The first-order valence-corrected chi connectivity index (χ1v) is 9.34. The van der Waals surface area contributed by atoms with Crippen LogP contribution in [0.5, 0.6) is 0 Å².